The van der Waals surface area contributed by atoms with Crippen molar-refractivity contribution in [2.45, 2.75) is 44.9 Å². The zero-order valence-electron chi connectivity index (χ0n) is 15.7. The van der Waals surface area contributed by atoms with Crippen LogP contribution in [0.4, 0.5) is 5.82 Å². The number of esters is 1. The summed E-state index contributed by atoms with van der Waals surface area (Å²) in [4.78, 5) is 32.1. The smallest absolute Gasteiger partial charge is 0.342 e. The number of Topliss-reactive ketones (excluding diaryl/α,β-unsaturated/α-hetero) is 1. The number of pyridine rings is 1. The van der Waals surface area contributed by atoms with E-state index in [9.17, 15) is 9.59 Å². The Hall–Kier alpha value is -2.43. The lowest BCUT2D eigenvalue weighted by Crippen LogP contribution is -2.26. The molecule has 4 rings (SSSR count). The van der Waals surface area contributed by atoms with Crippen molar-refractivity contribution in [3.8, 4) is 0 Å². The predicted molar refractivity (Wildman–Crippen MR) is 105 cm³/mol. The van der Waals surface area contributed by atoms with E-state index in [0.29, 0.717) is 11.4 Å². The zero-order valence-corrected chi connectivity index (χ0v) is 15.7. The maximum absolute atomic E-state index is 12.8. The minimum absolute atomic E-state index is 0.0549. The largest absolute Gasteiger partial charge is 0.454 e. The van der Waals surface area contributed by atoms with Crippen LogP contribution in [-0.4, -0.2) is 36.4 Å². The molecule has 0 unspecified atom stereocenters. The molecule has 5 heteroatoms. The quantitative estimate of drug-likeness (QED) is 0.744. The Kier molecular flexibility index (Phi) is 5.37. The van der Waals surface area contributed by atoms with Gasteiger partial charge in [0.1, 0.15) is 11.4 Å². The van der Waals surface area contributed by atoms with Crippen molar-refractivity contribution >= 4 is 28.5 Å². The number of benzene rings is 1. The molecular weight excluding hydrogens is 340 g/mol. The number of para-hydroxylation sites is 1. The van der Waals surface area contributed by atoms with Crippen LogP contribution < -0.4 is 4.90 Å². The molecule has 1 aromatic carbocycles. The Labute approximate surface area is 159 Å². The van der Waals surface area contributed by atoms with E-state index in [1.165, 1.54) is 6.42 Å². The summed E-state index contributed by atoms with van der Waals surface area (Å²) in [5.74, 6) is 0.347. The molecular formula is C22H26N2O3. The molecule has 0 spiro atoms. The van der Waals surface area contributed by atoms with E-state index < -0.39 is 5.97 Å². The third kappa shape index (κ3) is 3.97. The number of fused-ring (bicyclic) bond motifs is 1. The van der Waals surface area contributed by atoms with Crippen molar-refractivity contribution in [2.24, 2.45) is 5.92 Å². The van der Waals surface area contributed by atoms with Crippen LogP contribution in [0.1, 0.15) is 55.3 Å². The molecule has 1 aromatic heterocycles. The second kappa shape index (κ2) is 8.07. The number of carbonyl (C=O) groups excluding carboxylic acids is 2. The Morgan fingerprint density at radius 3 is 2.56 bits per heavy atom. The van der Waals surface area contributed by atoms with Gasteiger partial charge in [-0.25, -0.2) is 9.78 Å². The molecule has 2 fully saturated rings. The van der Waals surface area contributed by atoms with Gasteiger partial charge >= 0.3 is 5.97 Å². The fraction of sp³-hybridized carbons (Fsp3) is 0.500. The van der Waals surface area contributed by atoms with Gasteiger partial charge in [-0.15, -0.1) is 0 Å². The van der Waals surface area contributed by atoms with Crippen LogP contribution in [0.25, 0.3) is 10.9 Å². The molecule has 0 N–H and O–H groups in total. The lowest BCUT2D eigenvalue weighted by molar-refractivity contribution is -0.126. The predicted octanol–water partition coefficient (Wildman–Crippen LogP) is 4.14. The summed E-state index contributed by atoms with van der Waals surface area (Å²) in [6.07, 6.45) is 7.44. The fourth-order valence-electron chi connectivity index (χ4n) is 4.18. The molecule has 0 atom stereocenters. The van der Waals surface area contributed by atoms with E-state index >= 15 is 0 Å². The van der Waals surface area contributed by atoms with E-state index in [0.717, 1.165) is 62.5 Å². The van der Waals surface area contributed by atoms with Crippen molar-refractivity contribution in [2.75, 3.05) is 24.6 Å². The van der Waals surface area contributed by atoms with Gasteiger partial charge in [0.2, 0.25) is 0 Å². The van der Waals surface area contributed by atoms with Crippen molar-refractivity contribution in [3.05, 3.63) is 35.9 Å². The van der Waals surface area contributed by atoms with Crippen LogP contribution in [0.5, 0.6) is 0 Å². The average molecular weight is 366 g/mol. The van der Waals surface area contributed by atoms with Crippen LogP contribution in [0, 0.1) is 5.92 Å². The molecule has 0 radical (unpaired) electrons. The first-order chi connectivity index (χ1) is 13.2. The maximum atomic E-state index is 12.8. The summed E-state index contributed by atoms with van der Waals surface area (Å²) < 4.78 is 5.44. The summed E-state index contributed by atoms with van der Waals surface area (Å²) >= 11 is 0. The lowest BCUT2D eigenvalue weighted by atomic mass is 9.86. The zero-order chi connectivity index (χ0) is 18.6. The van der Waals surface area contributed by atoms with E-state index in [1.807, 2.05) is 30.3 Å². The molecule has 1 aliphatic heterocycles. The van der Waals surface area contributed by atoms with E-state index in [-0.39, 0.29) is 18.3 Å². The number of rotatable bonds is 5. The summed E-state index contributed by atoms with van der Waals surface area (Å²) in [7, 11) is 0. The third-order valence-corrected chi connectivity index (χ3v) is 5.74. The number of anilines is 1. The van der Waals surface area contributed by atoms with Gasteiger partial charge in [-0.2, -0.15) is 0 Å². The maximum Gasteiger partial charge on any atom is 0.342 e. The van der Waals surface area contributed by atoms with Crippen molar-refractivity contribution < 1.29 is 14.3 Å². The molecule has 142 valence electrons. The number of hydrogen-bond donors (Lipinski definition) is 0. The number of carbonyl (C=O) groups is 2. The normalized spacial score (nSPS) is 18.0. The second-order valence-corrected chi connectivity index (χ2v) is 7.62. The molecule has 1 saturated carbocycles. The van der Waals surface area contributed by atoms with Gasteiger partial charge in [0, 0.05) is 24.4 Å². The highest BCUT2D eigenvalue weighted by Crippen LogP contribution is 2.28. The van der Waals surface area contributed by atoms with Gasteiger partial charge < -0.3 is 9.64 Å². The number of aromatic nitrogens is 1. The van der Waals surface area contributed by atoms with Gasteiger partial charge in [0.25, 0.3) is 0 Å². The number of nitrogens with zero attached hydrogens (tertiary/aromatic N) is 2. The summed E-state index contributed by atoms with van der Waals surface area (Å²) in [5.41, 5.74) is 1.33. The second-order valence-electron chi connectivity index (χ2n) is 7.62. The van der Waals surface area contributed by atoms with Crippen LogP contribution in [0.2, 0.25) is 0 Å². The number of ketones is 1. The molecule has 0 bridgehead atoms. The molecule has 1 aliphatic carbocycles. The highest BCUT2D eigenvalue weighted by molar-refractivity contribution is 6.00. The third-order valence-electron chi connectivity index (χ3n) is 5.74. The first kappa shape index (κ1) is 18.0. The summed E-state index contributed by atoms with van der Waals surface area (Å²) in [6, 6.07) is 9.63. The summed E-state index contributed by atoms with van der Waals surface area (Å²) in [5, 5.41) is 0.908. The van der Waals surface area contributed by atoms with Gasteiger partial charge in [0.05, 0.1) is 5.52 Å². The SMILES string of the molecule is O=C(OCC(=O)C1CCCCC1)c1cc2ccccc2nc1N1CCCC1. The number of hydrogen-bond acceptors (Lipinski definition) is 5. The Balaban J connectivity index is 1.54. The highest BCUT2D eigenvalue weighted by atomic mass is 16.5. The van der Waals surface area contributed by atoms with Crippen LogP contribution >= 0.6 is 0 Å². The van der Waals surface area contributed by atoms with Crippen LogP contribution in [-0.2, 0) is 9.53 Å². The van der Waals surface area contributed by atoms with Crippen molar-refractivity contribution in [3.63, 3.8) is 0 Å². The molecule has 2 aliphatic rings. The molecule has 0 amide bonds. The Bertz CT molecular complexity index is 837. The monoisotopic (exact) mass is 366 g/mol. The Morgan fingerprint density at radius 1 is 1.04 bits per heavy atom. The summed E-state index contributed by atoms with van der Waals surface area (Å²) in [6.45, 7) is 1.66. The van der Waals surface area contributed by atoms with Crippen molar-refractivity contribution in [1.82, 2.24) is 4.98 Å². The average Bonchev–Trinajstić information content (AvgIpc) is 3.26. The minimum atomic E-state index is -0.445. The number of ether oxygens (including phenoxy) is 1. The van der Waals surface area contributed by atoms with Crippen molar-refractivity contribution in [1.29, 1.82) is 0 Å². The molecule has 27 heavy (non-hydrogen) atoms. The Morgan fingerprint density at radius 2 is 1.78 bits per heavy atom. The fourth-order valence-corrected chi connectivity index (χ4v) is 4.18. The van der Waals surface area contributed by atoms with E-state index in [2.05, 4.69) is 4.90 Å². The van der Waals surface area contributed by atoms with Gasteiger partial charge in [-0.1, -0.05) is 37.5 Å². The molecule has 1 saturated heterocycles. The molecule has 2 aromatic rings. The molecule has 2 heterocycles. The standard InChI is InChI=1S/C22H26N2O3/c25-20(16-8-2-1-3-9-16)15-27-22(26)18-14-17-10-4-5-11-19(17)23-21(18)24-12-6-7-13-24/h4-5,10-11,14,16H,1-3,6-9,12-13,15H2. The van der Waals surface area contributed by atoms with E-state index in [1.54, 1.807) is 0 Å². The molecule has 5 nitrogen and oxygen atoms in total. The first-order valence-corrected chi connectivity index (χ1v) is 10.1. The highest BCUT2D eigenvalue weighted by Gasteiger charge is 2.25. The van der Waals surface area contributed by atoms with Crippen LogP contribution in [0.15, 0.2) is 30.3 Å². The minimum Gasteiger partial charge on any atom is -0.454 e. The topological polar surface area (TPSA) is 59.5 Å². The van der Waals surface area contributed by atoms with Crippen LogP contribution in [0.3, 0.4) is 0 Å². The first-order valence-electron chi connectivity index (χ1n) is 10.1. The van der Waals surface area contributed by atoms with E-state index in [4.69, 9.17) is 9.72 Å². The van der Waals surface area contributed by atoms with Gasteiger partial charge in [-0.05, 0) is 37.8 Å². The van der Waals surface area contributed by atoms with Gasteiger partial charge in [0.15, 0.2) is 12.4 Å². The van der Waals surface area contributed by atoms with Gasteiger partial charge in [-0.3, -0.25) is 4.79 Å². The lowest BCUT2D eigenvalue weighted by Gasteiger charge is -2.21.